The Morgan fingerprint density at radius 3 is 2.50 bits per heavy atom. The minimum absolute atomic E-state index is 0.616. The molecule has 1 atom stereocenters. The standard InChI is InChI=1S/C15H20O/c1-12-7-6-8-13(2)14(12)11-15(16)9-4-3-5-10-15/h4,6-9,16H,3,5,10-11H2,1-2H3. The second-order valence-corrected chi connectivity index (χ2v) is 4.95. The lowest BCUT2D eigenvalue weighted by Crippen LogP contribution is -2.31. The highest BCUT2D eigenvalue weighted by atomic mass is 16.3. The van der Waals surface area contributed by atoms with Crippen LogP contribution in [-0.4, -0.2) is 10.7 Å². The molecule has 1 aliphatic rings. The molecule has 0 amide bonds. The number of aliphatic hydroxyl groups is 1. The van der Waals surface area contributed by atoms with Gasteiger partial charge in [-0.3, -0.25) is 0 Å². The molecule has 1 aromatic carbocycles. The molecule has 0 aliphatic heterocycles. The second kappa shape index (κ2) is 4.42. The van der Waals surface area contributed by atoms with E-state index < -0.39 is 5.60 Å². The van der Waals surface area contributed by atoms with Crippen molar-refractivity contribution in [1.29, 1.82) is 0 Å². The number of aryl methyl sites for hydroxylation is 2. The van der Waals surface area contributed by atoms with Crippen molar-refractivity contribution in [2.75, 3.05) is 0 Å². The van der Waals surface area contributed by atoms with E-state index in [1.807, 2.05) is 6.08 Å². The average Bonchev–Trinajstić information content (AvgIpc) is 2.25. The molecule has 0 saturated heterocycles. The molecule has 1 aliphatic carbocycles. The predicted molar refractivity (Wildman–Crippen MR) is 67.6 cm³/mol. The number of hydrogen-bond acceptors (Lipinski definition) is 1. The van der Waals surface area contributed by atoms with Crippen molar-refractivity contribution in [2.24, 2.45) is 0 Å². The van der Waals surface area contributed by atoms with Gasteiger partial charge >= 0.3 is 0 Å². The third-order valence-electron chi connectivity index (χ3n) is 3.54. The van der Waals surface area contributed by atoms with E-state index in [0.29, 0.717) is 0 Å². The van der Waals surface area contributed by atoms with E-state index in [9.17, 15) is 5.11 Å². The van der Waals surface area contributed by atoms with Crippen LogP contribution in [0, 0.1) is 13.8 Å². The van der Waals surface area contributed by atoms with Gasteiger partial charge in [-0.2, -0.15) is 0 Å². The molecule has 86 valence electrons. The quantitative estimate of drug-likeness (QED) is 0.752. The van der Waals surface area contributed by atoms with E-state index in [0.717, 1.165) is 25.7 Å². The maximum absolute atomic E-state index is 10.5. The molecule has 1 heteroatoms. The summed E-state index contributed by atoms with van der Waals surface area (Å²) in [5, 5.41) is 10.5. The number of rotatable bonds is 2. The minimum atomic E-state index is -0.616. The van der Waals surface area contributed by atoms with Crippen LogP contribution in [0.4, 0.5) is 0 Å². The summed E-state index contributed by atoms with van der Waals surface area (Å²) in [6.45, 7) is 4.25. The molecule has 2 rings (SSSR count). The van der Waals surface area contributed by atoms with Gasteiger partial charge in [-0.1, -0.05) is 30.4 Å². The van der Waals surface area contributed by atoms with Crippen molar-refractivity contribution in [3.05, 3.63) is 47.0 Å². The molecule has 0 spiro atoms. The zero-order chi connectivity index (χ0) is 11.6. The van der Waals surface area contributed by atoms with E-state index in [2.05, 4.69) is 38.1 Å². The second-order valence-electron chi connectivity index (χ2n) is 4.95. The van der Waals surface area contributed by atoms with Crippen LogP contribution in [0.1, 0.15) is 36.0 Å². The van der Waals surface area contributed by atoms with Gasteiger partial charge in [0.2, 0.25) is 0 Å². The van der Waals surface area contributed by atoms with Crippen LogP contribution in [-0.2, 0) is 6.42 Å². The summed E-state index contributed by atoms with van der Waals surface area (Å²) in [4.78, 5) is 0. The lowest BCUT2D eigenvalue weighted by Gasteiger charge is -2.29. The molecule has 0 fully saturated rings. The first-order chi connectivity index (χ1) is 7.61. The molecule has 1 aromatic rings. The average molecular weight is 216 g/mol. The molecule has 0 aromatic heterocycles. The van der Waals surface area contributed by atoms with Crippen LogP contribution in [0.3, 0.4) is 0 Å². The SMILES string of the molecule is Cc1cccc(C)c1CC1(O)C=CCCC1. The molecule has 1 N–H and O–H groups in total. The monoisotopic (exact) mass is 216 g/mol. The van der Waals surface area contributed by atoms with Crippen molar-refractivity contribution in [2.45, 2.75) is 45.1 Å². The maximum Gasteiger partial charge on any atom is 0.0868 e. The van der Waals surface area contributed by atoms with Gasteiger partial charge in [0.05, 0.1) is 5.60 Å². The van der Waals surface area contributed by atoms with Gasteiger partial charge in [-0.15, -0.1) is 0 Å². The Morgan fingerprint density at radius 2 is 1.94 bits per heavy atom. The lowest BCUT2D eigenvalue weighted by atomic mass is 9.83. The van der Waals surface area contributed by atoms with Gasteiger partial charge in [-0.05, 0) is 49.8 Å². The van der Waals surface area contributed by atoms with Gasteiger partial charge in [0.25, 0.3) is 0 Å². The van der Waals surface area contributed by atoms with Crippen LogP contribution in [0.25, 0.3) is 0 Å². The Bertz CT molecular complexity index is 386. The maximum atomic E-state index is 10.5. The van der Waals surface area contributed by atoms with Crippen molar-refractivity contribution < 1.29 is 5.11 Å². The first-order valence-corrected chi connectivity index (χ1v) is 6.06. The summed E-state index contributed by atoms with van der Waals surface area (Å²) in [5.74, 6) is 0. The first kappa shape index (κ1) is 11.4. The van der Waals surface area contributed by atoms with E-state index in [1.54, 1.807) is 0 Å². The fourth-order valence-electron chi connectivity index (χ4n) is 2.49. The summed E-state index contributed by atoms with van der Waals surface area (Å²) in [6.07, 6.45) is 7.94. The molecule has 0 heterocycles. The van der Waals surface area contributed by atoms with Crippen LogP contribution >= 0.6 is 0 Å². The third kappa shape index (κ3) is 2.35. The lowest BCUT2D eigenvalue weighted by molar-refractivity contribution is 0.0748. The van der Waals surface area contributed by atoms with Crippen molar-refractivity contribution >= 4 is 0 Å². The highest BCUT2D eigenvalue weighted by molar-refractivity contribution is 5.35. The highest BCUT2D eigenvalue weighted by Gasteiger charge is 2.26. The van der Waals surface area contributed by atoms with Gasteiger partial charge < -0.3 is 5.11 Å². The number of hydrogen-bond donors (Lipinski definition) is 1. The van der Waals surface area contributed by atoms with E-state index >= 15 is 0 Å². The Labute approximate surface area is 97.8 Å². The Morgan fingerprint density at radius 1 is 1.25 bits per heavy atom. The summed E-state index contributed by atoms with van der Waals surface area (Å²) < 4.78 is 0. The normalized spacial score (nSPS) is 24.7. The predicted octanol–water partition coefficient (Wildman–Crippen LogP) is 3.32. The zero-order valence-electron chi connectivity index (χ0n) is 10.2. The zero-order valence-corrected chi connectivity index (χ0v) is 10.2. The first-order valence-electron chi connectivity index (χ1n) is 6.06. The van der Waals surface area contributed by atoms with E-state index in [1.165, 1.54) is 16.7 Å². The molecule has 1 nitrogen and oxygen atoms in total. The molecule has 1 unspecified atom stereocenters. The van der Waals surface area contributed by atoms with Crippen LogP contribution in [0.15, 0.2) is 30.4 Å². The van der Waals surface area contributed by atoms with Gasteiger partial charge in [0.15, 0.2) is 0 Å². The van der Waals surface area contributed by atoms with Crippen molar-refractivity contribution in [1.82, 2.24) is 0 Å². The molecular formula is C15H20O. The Hall–Kier alpha value is -1.08. The van der Waals surface area contributed by atoms with Crippen LogP contribution in [0.2, 0.25) is 0 Å². The van der Waals surface area contributed by atoms with Crippen molar-refractivity contribution in [3.8, 4) is 0 Å². The summed E-state index contributed by atoms with van der Waals surface area (Å²) >= 11 is 0. The highest BCUT2D eigenvalue weighted by Crippen LogP contribution is 2.28. The van der Waals surface area contributed by atoms with Crippen molar-refractivity contribution in [3.63, 3.8) is 0 Å². The minimum Gasteiger partial charge on any atom is -0.385 e. The van der Waals surface area contributed by atoms with Crippen LogP contribution in [0.5, 0.6) is 0 Å². The molecular weight excluding hydrogens is 196 g/mol. The number of allylic oxidation sites excluding steroid dienone is 1. The third-order valence-corrected chi connectivity index (χ3v) is 3.54. The molecule has 0 radical (unpaired) electrons. The summed E-state index contributed by atoms with van der Waals surface area (Å²) in [5.41, 5.74) is 3.26. The summed E-state index contributed by atoms with van der Waals surface area (Å²) in [6, 6.07) is 6.32. The van der Waals surface area contributed by atoms with Crippen LogP contribution < -0.4 is 0 Å². The van der Waals surface area contributed by atoms with Gasteiger partial charge in [0.1, 0.15) is 0 Å². The molecule has 16 heavy (non-hydrogen) atoms. The smallest absolute Gasteiger partial charge is 0.0868 e. The number of benzene rings is 1. The Kier molecular flexibility index (Phi) is 3.15. The fourth-order valence-corrected chi connectivity index (χ4v) is 2.49. The van der Waals surface area contributed by atoms with Gasteiger partial charge in [-0.25, -0.2) is 0 Å². The topological polar surface area (TPSA) is 20.2 Å². The van der Waals surface area contributed by atoms with E-state index in [4.69, 9.17) is 0 Å². The summed E-state index contributed by atoms with van der Waals surface area (Å²) in [7, 11) is 0. The fraction of sp³-hybridized carbons (Fsp3) is 0.467. The molecule has 0 bridgehead atoms. The van der Waals surface area contributed by atoms with Gasteiger partial charge in [0, 0.05) is 6.42 Å². The largest absolute Gasteiger partial charge is 0.385 e. The molecule has 0 saturated carbocycles. The Balaban J connectivity index is 2.26. The van der Waals surface area contributed by atoms with E-state index in [-0.39, 0.29) is 0 Å².